The van der Waals surface area contributed by atoms with Gasteiger partial charge in [-0.25, -0.2) is 23.4 Å². The Morgan fingerprint density at radius 1 is 1.09 bits per heavy atom. The standard InChI is InChI=1S/C22H25N7O3S/c1-2-32-20-14-23-13-18(27-20)15-3-4-16(25-11-15)12-26-22(8-9-22)19-7-10-24-21(28-19)29-33(30,31)17-5-6-17/h3-4,7,10-11,13-14,17,26H,2,5-6,8-9,12H2,1H3,(H,24,28,29). The molecule has 0 aliphatic heterocycles. The van der Waals surface area contributed by atoms with E-state index in [-0.39, 0.29) is 16.7 Å². The molecule has 2 N–H and O–H groups in total. The highest BCUT2D eigenvalue weighted by atomic mass is 32.2. The van der Waals surface area contributed by atoms with Crippen LogP contribution in [0.15, 0.2) is 43.0 Å². The number of pyridine rings is 1. The second-order valence-electron chi connectivity index (χ2n) is 8.26. The van der Waals surface area contributed by atoms with E-state index < -0.39 is 10.0 Å². The molecule has 0 unspecified atom stereocenters. The van der Waals surface area contributed by atoms with Gasteiger partial charge in [-0.2, -0.15) is 0 Å². The number of hydrogen-bond donors (Lipinski definition) is 2. The molecule has 2 saturated carbocycles. The molecule has 0 atom stereocenters. The van der Waals surface area contributed by atoms with Gasteiger partial charge >= 0.3 is 0 Å². The summed E-state index contributed by atoms with van der Waals surface area (Å²) in [4.78, 5) is 21.7. The second kappa shape index (κ2) is 8.64. The average molecular weight is 468 g/mol. The molecular formula is C22H25N7O3S. The zero-order chi connectivity index (χ0) is 22.9. The van der Waals surface area contributed by atoms with Gasteiger partial charge in [0.2, 0.25) is 21.9 Å². The van der Waals surface area contributed by atoms with Gasteiger partial charge in [-0.05, 0) is 50.8 Å². The van der Waals surface area contributed by atoms with Crippen molar-refractivity contribution in [2.45, 2.75) is 49.9 Å². The maximum Gasteiger partial charge on any atom is 0.237 e. The molecule has 3 heterocycles. The molecule has 2 fully saturated rings. The number of anilines is 1. The van der Waals surface area contributed by atoms with Crippen LogP contribution in [0.5, 0.6) is 5.88 Å². The summed E-state index contributed by atoms with van der Waals surface area (Å²) in [6.45, 7) is 2.99. The lowest BCUT2D eigenvalue weighted by atomic mass is 10.1. The van der Waals surface area contributed by atoms with E-state index in [1.165, 1.54) is 0 Å². The van der Waals surface area contributed by atoms with Gasteiger partial charge in [0.05, 0.1) is 46.9 Å². The maximum absolute atomic E-state index is 12.2. The number of aromatic nitrogens is 5. The quantitative estimate of drug-likeness (QED) is 0.461. The van der Waals surface area contributed by atoms with Crippen LogP contribution in [-0.4, -0.2) is 45.2 Å². The molecule has 10 nitrogen and oxygen atoms in total. The first-order valence-electron chi connectivity index (χ1n) is 11.0. The third-order valence-electron chi connectivity index (χ3n) is 5.73. The normalized spacial score (nSPS) is 16.9. The first-order chi connectivity index (χ1) is 16.0. The smallest absolute Gasteiger partial charge is 0.237 e. The summed E-state index contributed by atoms with van der Waals surface area (Å²) in [5.74, 6) is 0.616. The largest absolute Gasteiger partial charge is 0.477 e. The van der Waals surface area contributed by atoms with Gasteiger partial charge in [0, 0.05) is 24.5 Å². The number of ether oxygens (including phenoxy) is 1. The third kappa shape index (κ3) is 4.93. The Morgan fingerprint density at radius 2 is 1.94 bits per heavy atom. The van der Waals surface area contributed by atoms with Crippen molar-refractivity contribution in [3.8, 4) is 17.1 Å². The summed E-state index contributed by atoms with van der Waals surface area (Å²) in [6.07, 6.45) is 9.84. The molecule has 172 valence electrons. The van der Waals surface area contributed by atoms with E-state index in [4.69, 9.17) is 4.74 Å². The molecule has 0 aromatic carbocycles. The number of nitrogens with zero attached hydrogens (tertiary/aromatic N) is 5. The van der Waals surface area contributed by atoms with Crippen molar-refractivity contribution in [1.82, 2.24) is 30.2 Å². The minimum absolute atomic E-state index is 0.130. The van der Waals surface area contributed by atoms with Gasteiger partial charge in [-0.15, -0.1) is 0 Å². The highest BCUT2D eigenvalue weighted by Crippen LogP contribution is 2.45. The van der Waals surface area contributed by atoms with Crippen LogP contribution in [0.2, 0.25) is 0 Å². The lowest BCUT2D eigenvalue weighted by molar-refractivity contribution is 0.325. The fourth-order valence-electron chi connectivity index (χ4n) is 3.56. The van der Waals surface area contributed by atoms with Crippen molar-refractivity contribution in [2.24, 2.45) is 0 Å². The maximum atomic E-state index is 12.2. The van der Waals surface area contributed by atoms with E-state index in [1.54, 1.807) is 24.8 Å². The molecule has 0 amide bonds. The summed E-state index contributed by atoms with van der Waals surface area (Å²) in [7, 11) is -3.39. The molecule has 11 heteroatoms. The highest BCUT2D eigenvalue weighted by Gasteiger charge is 2.45. The predicted octanol–water partition coefficient (Wildman–Crippen LogP) is 2.41. The van der Waals surface area contributed by atoms with E-state index in [9.17, 15) is 8.42 Å². The minimum atomic E-state index is -3.39. The number of sulfonamides is 1. The lowest BCUT2D eigenvalue weighted by Gasteiger charge is -2.17. The Hall–Kier alpha value is -3.18. The zero-order valence-corrected chi connectivity index (χ0v) is 19.0. The van der Waals surface area contributed by atoms with Crippen LogP contribution in [-0.2, 0) is 22.1 Å². The molecule has 2 aliphatic carbocycles. The molecular weight excluding hydrogens is 442 g/mol. The third-order valence-corrected chi connectivity index (χ3v) is 7.54. The van der Waals surface area contributed by atoms with Crippen LogP contribution < -0.4 is 14.8 Å². The van der Waals surface area contributed by atoms with Crippen LogP contribution in [0.1, 0.15) is 44.0 Å². The lowest BCUT2D eigenvalue weighted by Crippen LogP contribution is -2.30. The summed E-state index contributed by atoms with van der Waals surface area (Å²) in [6, 6.07) is 5.73. The van der Waals surface area contributed by atoms with Crippen molar-refractivity contribution in [1.29, 1.82) is 0 Å². The molecule has 0 spiro atoms. The molecule has 5 rings (SSSR count). The van der Waals surface area contributed by atoms with E-state index in [1.807, 2.05) is 25.1 Å². The van der Waals surface area contributed by atoms with Crippen LogP contribution in [0.3, 0.4) is 0 Å². The Labute approximate surface area is 192 Å². The van der Waals surface area contributed by atoms with Gasteiger partial charge in [0.25, 0.3) is 0 Å². The predicted molar refractivity (Wildman–Crippen MR) is 122 cm³/mol. The monoisotopic (exact) mass is 467 g/mol. The Bertz CT molecular complexity index is 1240. The zero-order valence-electron chi connectivity index (χ0n) is 18.2. The van der Waals surface area contributed by atoms with Crippen molar-refractivity contribution in [3.05, 3.63) is 54.4 Å². The number of rotatable bonds is 10. The van der Waals surface area contributed by atoms with Gasteiger partial charge in [0.1, 0.15) is 0 Å². The van der Waals surface area contributed by atoms with Gasteiger partial charge in [0.15, 0.2) is 0 Å². The fourth-order valence-corrected chi connectivity index (χ4v) is 4.83. The molecule has 33 heavy (non-hydrogen) atoms. The van der Waals surface area contributed by atoms with Crippen LogP contribution in [0.4, 0.5) is 5.95 Å². The molecule has 0 bridgehead atoms. The molecule has 2 aliphatic rings. The summed E-state index contributed by atoms with van der Waals surface area (Å²) < 4.78 is 32.3. The SMILES string of the molecule is CCOc1cncc(-c2ccc(CNC3(c4ccnc(NS(=O)(=O)C5CC5)n4)CC3)nc2)n1. The Kier molecular flexibility index (Phi) is 5.67. The number of nitrogens with one attached hydrogen (secondary N) is 2. The molecule has 3 aromatic rings. The van der Waals surface area contributed by atoms with E-state index in [0.29, 0.717) is 37.6 Å². The highest BCUT2D eigenvalue weighted by molar-refractivity contribution is 7.93. The van der Waals surface area contributed by atoms with Gasteiger partial charge in [-0.1, -0.05) is 0 Å². The van der Waals surface area contributed by atoms with Crippen molar-refractivity contribution in [3.63, 3.8) is 0 Å². The molecule has 0 radical (unpaired) electrons. The first-order valence-corrected chi connectivity index (χ1v) is 12.5. The van der Waals surface area contributed by atoms with E-state index in [2.05, 4.69) is 35.0 Å². The van der Waals surface area contributed by atoms with Crippen molar-refractivity contribution >= 4 is 16.0 Å². The van der Waals surface area contributed by atoms with Crippen molar-refractivity contribution in [2.75, 3.05) is 11.3 Å². The topological polar surface area (TPSA) is 132 Å². The van der Waals surface area contributed by atoms with E-state index >= 15 is 0 Å². The van der Waals surface area contributed by atoms with Crippen LogP contribution in [0, 0.1) is 0 Å². The molecule has 3 aromatic heterocycles. The van der Waals surface area contributed by atoms with E-state index in [0.717, 1.165) is 29.8 Å². The summed E-state index contributed by atoms with van der Waals surface area (Å²) >= 11 is 0. The summed E-state index contributed by atoms with van der Waals surface area (Å²) in [5, 5.41) is 3.22. The number of hydrogen-bond acceptors (Lipinski definition) is 9. The summed E-state index contributed by atoms with van der Waals surface area (Å²) in [5.41, 5.74) is 2.93. The Balaban J connectivity index is 1.24. The first kappa shape index (κ1) is 21.7. The van der Waals surface area contributed by atoms with Crippen LogP contribution >= 0.6 is 0 Å². The minimum Gasteiger partial charge on any atom is -0.477 e. The Morgan fingerprint density at radius 3 is 2.64 bits per heavy atom. The molecule has 0 saturated heterocycles. The average Bonchev–Trinajstić information content (AvgIpc) is 3.73. The van der Waals surface area contributed by atoms with Gasteiger partial charge < -0.3 is 10.1 Å². The van der Waals surface area contributed by atoms with Gasteiger partial charge in [-0.3, -0.25) is 14.7 Å². The fraction of sp³-hybridized carbons (Fsp3) is 0.409. The second-order valence-corrected chi connectivity index (χ2v) is 10.2. The van der Waals surface area contributed by atoms with Crippen molar-refractivity contribution < 1.29 is 13.2 Å². The van der Waals surface area contributed by atoms with Crippen LogP contribution in [0.25, 0.3) is 11.3 Å².